The van der Waals surface area contributed by atoms with Crippen molar-refractivity contribution in [2.45, 2.75) is 33.3 Å². The van der Waals surface area contributed by atoms with Crippen LogP contribution < -0.4 is 0 Å². The molecule has 0 aliphatic carbocycles. The van der Waals surface area contributed by atoms with Gasteiger partial charge in [-0.25, -0.2) is 4.79 Å². The van der Waals surface area contributed by atoms with Gasteiger partial charge in [-0.1, -0.05) is 20.8 Å². The molecule has 0 spiro atoms. The first-order chi connectivity index (χ1) is 5.52. The summed E-state index contributed by atoms with van der Waals surface area (Å²) in [6.07, 6.45) is 0.587. The van der Waals surface area contributed by atoms with E-state index in [1.165, 1.54) is 0 Å². The van der Waals surface area contributed by atoms with Crippen molar-refractivity contribution >= 4 is 11.8 Å². The van der Waals surface area contributed by atoms with Gasteiger partial charge in [0.1, 0.15) is 6.10 Å². The summed E-state index contributed by atoms with van der Waals surface area (Å²) in [7, 11) is 0. The first-order valence-electron chi connectivity index (χ1n) is 4.27. The normalized spacial score (nSPS) is 29.7. The third kappa shape index (κ3) is 1.65. The van der Waals surface area contributed by atoms with Crippen LogP contribution in [0.15, 0.2) is 0 Å². The fourth-order valence-corrected chi connectivity index (χ4v) is 1.37. The Labute approximate surface area is 72.1 Å². The van der Waals surface area contributed by atoms with E-state index in [9.17, 15) is 9.59 Å². The Hall–Kier alpha value is -0.860. The zero-order chi connectivity index (χ0) is 9.30. The summed E-state index contributed by atoms with van der Waals surface area (Å²) in [4.78, 5) is 21.8. The second kappa shape index (κ2) is 3.25. The standard InChI is InChI=1S/C9H14O3/c1-5(2)4-7-6(3)8(10)9(11)12-7/h5-7H,4H2,1-3H3. The predicted molar refractivity (Wildman–Crippen MR) is 43.5 cm³/mol. The van der Waals surface area contributed by atoms with Gasteiger partial charge in [0.2, 0.25) is 5.78 Å². The molecule has 12 heavy (non-hydrogen) atoms. The second-order valence-electron chi connectivity index (χ2n) is 3.73. The molecule has 0 aromatic carbocycles. The fourth-order valence-electron chi connectivity index (χ4n) is 1.37. The van der Waals surface area contributed by atoms with Crippen LogP contribution in [0.3, 0.4) is 0 Å². The Balaban J connectivity index is 2.59. The molecule has 2 unspecified atom stereocenters. The quantitative estimate of drug-likeness (QED) is 0.461. The van der Waals surface area contributed by atoms with Gasteiger partial charge in [0.15, 0.2) is 0 Å². The maximum Gasteiger partial charge on any atom is 0.375 e. The van der Waals surface area contributed by atoms with Crippen molar-refractivity contribution in [2.75, 3.05) is 0 Å². The van der Waals surface area contributed by atoms with Crippen LogP contribution in [0.4, 0.5) is 0 Å². The van der Waals surface area contributed by atoms with Crippen LogP contribution in [0.2, 0.25) is 0 Å². The van der Waals surface area contributed by atoms with Gasteiger partial charge in [-0.3, -0.25) is 4.79 Å². The monoisotopic (exact) mass is 170 g/mol. The van der Waals surface area contributed by atoms with E-state index in [-0.39, 0.29) is 17.8 Å². The molecule has 1 aliphatic heterocycles. The lowest BCUT2D eigenvalue weighted by atomic mass is 9.95. The average Bonchev–Trinajstić information content (AvgIpc) is 2.17. The number of ether oxygens (including phenoxy) is 1. The molecular weight excluding hydrogens is 156 g/mol. The van der Waals surface area contributed by atoms with Crippen molar-refractivity contribution < 1.29 is 14.3 Å². The molecule has 0 aromatic heterocycles. The minimum Gasteiger partial charge on any atom is -0.456 e. The molecule has 1 fully saturated rings. The molecule has 2 atom stereocenters. The first-order valence-corrected chi connectivity index (χ1v) is 4.27. The van der Waals surface area contributed by atoms with Crippen molar-refractivity contribution in [3.05, 3.63) is 0 Å². The van der Waals surface area contributed by atoms with Crippen molar-refractivity contribution in [1.82, 2.24) is 0 Å². The topological polar surface area (TPSA) is 43.4 Å². The number of carbonyl (C=O) groups is 2. The zero-order valence-electron chi connectivity index (χ0n) is 7.66. The lowest BCUT2D eigenvalue weighted by molar-refractivity contribution is -0.149. The molecule has 1 saturated heterocycles. The van der Waals surface area contributed by atoms with E-state index < -0.39 is 5.97 Å². The lowest BCUT2D eigenvalue weighted by Gasteiger charge is -2.14. The first kappa shape index (κ1) is 9.23. The van der Waals surface area contributed by atoms with Gasteiger partial charge in [0.05, 0.1) is 5.92 Å². The number of ketones is 1. The molecule has 0 amide bonds. The highest BCUT2D eigenvalue weighted by molar-refractivity contribution is 6.36. The smallest absolute Gasteiger partial charge is 0.375 e. The molecule has 1 aliphatic rings. The van der Waals surface area contributed by atoms with Crippen LogP contribution in [0.25, 0.3) is 0 Å². The highest BCUT2D eigenvalue weighted by Gasteiger charge is 2.40. The van der Waals surface area contributed by atoms with Gasteiger partial charge >= 0.3 is 5.97 Å². The Bertz CT molecular complexity index is 208. The number of hydrogen-bond acceptors (Lipinski definition) is 3. The largest absolute Gasteiger partial charge is 0.456 e. The van der Waals surface area contributed by atoms with E-state index in [0.717, 1.165) is 6.42 Å². The van der Waals surface area contributed by atoms with Gasteiger partial charge in [-0.2, -0.15) is 0 Å². The lowest BCUT2D eigenvalue weighted by Crippen LogP contribution is -2.18. The Morgan fingerprint density at radius 1 is 1.42 bits per heavy atom. The number of hydrogen-bond donors (Lipinski definition) is 0. The van der Waals surface area contributed by atoms with E-state index in [2.05, 4.69) is 0 Å². The maximum atomic E-state index is 11.0. The van der Waals surface area contributed by atoms with E-state index >= 15 is 0 Å². The number of rotatable bonds is 2. The van der Waals surface area contributed by atoms with Gasteiger partial charge in [-0.05, 0) is 12.3 Å². The third-order valence-corrected chi connectivity index (χ3v) is 2.13. The summed E-state index contributed by atoms with van der Waals surface area (Å²) in [5.74, 6) is -0.829. The molecule has 68 valence electrons. The van der Waals surface area contributed by atoms with Crippen LogP contribution in [-0.4, -0.2) is 17.9 Å². The number of carbonyl (C=O) groups excluding carboxylic acids is 2. The number of cyclic esters (lactones) is 1. The summed E-state index contributed by atoms with van der Waals surface area (Å²) < 4.78 is 4.91. The Morgan fingerprint density at radius 2 is 2.00 bits per heavy atom. The Morgan fingerprint density at radius 3 is 2.33 bits per heavy atom. The van der Waals surface area contributed by atoms with E-state index in [0.29, 0.717) is 5.92 Å². The van der Waals surface area contributed by atoms with Crippen LogP contribution in [0.5, 0.6) is 0 Å². The average molecular weight is 170 g/mol. The number of esters is 1. The van der Waals surface area contributed by atoms with Gasteiger partial charge < -0.3 is 4.74 Å². The fraction of sp³-hybridized carbons (Fsp3) is 0.778. The minimum atomic E-state index is -0.659. The molecule has 1 rings (SSSR count). The molecular formula is C9H14O3. The van der Waals surface area contributed by atoms with Gasteiger partial charge in [-0.15, -0.1) is 0 Å². The zero-order valence-corrected chi connectivity index (χ0v) is 7.66. The van der Waals surface area contributed by atoms with E-state index in [1.54, 1.807) is 6.92 Å². The second-order valence-corrected chi connectivity index (χ2v) is 3.73. The summed E-state index contributed by atoms with van der Waals surface area (Å²) in [5, 5.41) is 0. The SMILES string of the molecule is CC(C)CC1OC(=O)C(=O)C1C. The van der Waals surface area contributed by atoms with Crippen molar-refractivity contribution in [1.29, 1.82) is 0 Å². The predicted octanol–water partition coefficient (Wildman–Crippen LogP) is 1.16. The van der Waals surface area contributed by atoms with Crippen LogP contribution in [0, 0.1) is 11.8 Å². The van der Waals surface area contributed by atoms with Gasteiger partial charge in [0.25, 0.3) is 0 Å². The minimum absolute atomic E-state index is 0.190. The highest BCUT2D eigenvalue weighted by atomic mass is 16.6. The van der Waals surface area contributed by atoms with Crippen LogP contribution >= 0.6 is 0 Å². The Kier molecular flexibility index (Phi) is 2.50. The molecule has 0 radical (unpaired) electrons. The number of Topliss-reactive ketones (excluding diaryl/α,β-unsaturated/α-hetero) is 1. The summed E-state index contributed by atoms with van der Waals surface area (Å²) >= 11 is 0. The molecule has 1 heterocycles. The van der Waals surface area contributed by atoms with Crippen molar-refractivity contribution in [3.8, 4) is 0 Å². The summed E-state index contributed by atoms with van der Waals surface area (Å²) in [6.45, 7) is 5.84. The van der Waals surface area contributed by atoms with E-state index in [1.807, 2.05) is 13.8 Å². The molecule has 3 nitrogen and oxygen atoms in total. The van der Waals surface area contributed by atoms with E-state index in [4.69, 9.17) is 4.74 Å². The maximum absolute atomic E-state index is 11.0. The molecule has 0 aromatic rings. The third-order valence-electron chi connectivity index (χ3n) is 2.13. The van der Waals surface area contributed by atoms with Gasteiger partial charge in [0, 0.05) is 0 Å². The highest BCUT2D eigenvalue weighted by Crippen LogP contribution is 2.23. The van der Waals surface area contributed by atoms with Crippen molar-refractivity contribution in [2.24, 2.45) is 11.8 Å². The van der Waals surface area contributed by atoms with Crippen LogP contribution in [0.1, 0.15) is 27.2 Å². The molecule has 0 bridgehead atoms. The molecule has 0 N–H and O–H groups in total. The van der Waals surface area contributed by atoms with Crippen molar-refractivity contribution in [3.63, 3.8) is 0 Å². The summed E-state index contributed by atoms with van der Waals surface area (Å²) in [6, 6.07) is 0. The molecule has 3 heteroatoms. The summed E-state index contributed by atoms with van der Waals surface area (Å²) in [5.41, 5.74) is 0. The van der Waals surface area contributed by atoms with Crippen LogP contribution in [-0.2, 0) is 14.3 Å². The molecule has 0 saturated carbocycles.